The molecule has 1 N–H and O–H groups in total. The number of nitrogens with zero attached hydrogens (tertiary/aromatic N) is 1. The summed E-state index contributed by atoms with van der Waals surface area (Å²) in [4.78, 5) is 28.7. The van der Waals surface area contributed by atoms with Crippen LogP contribution in [0.3, 0.4) is 0 Å². The van der Waals surface area contributed by atoms with Crippen LogP contribution in [-0.2, 0) is 9.59 Å². The van der Waals surface area contributed by atoms with Crippen molar-refractivity contribution in [1.29, 1.82) is 0 Å². The third-order valence-electron chi connectivity index (χ3n) is 4.49. The molecule has 1 heterocycles. The molecule has 1 aliphatic heterocycles. The van der Waals surface area contributed by atoms with E-state index in [1.54, 1.807) is 12.1 Å². The van der Waals surface area contributed by atoms with Crippen LogP contribution in [-0.4, -0.2) is 11.8 Å². The number of carbonyl (C=O) groups excluding carboxylic acids is 2. The molecule has 150 valence electrons. The van der Waals surface area contributed by atoms with Gasteiger partial charge in [0.25, 0.3) is 11.8 Å². The molecule has 0 radical (unpaired) electrons. The predicted octanol–water partition coefficient (Wildman–Crippen LogP) is 5.78. The highest BCUT2D eigenvalue weighted by Gasteiger charge is 2.40. The zero-order chi connectivity index (χ0) is 21.3. The average Bonchev–Trinajstić information content (AvgIpc) is 2.96. The predicted molar refractivity (Wildman–Crippen MR) is 118 cm³/mol. The van der Waals surface area contributed by atoms with Crippen molar-refractivity contribution in [2.24, 2.45) is 0 Å². The van der Waals surface area contributed by atoms with E-state index >= 15 is 0 Å². The second-order valence-electron chi connectivity index (χ2n) is 6.65. The molecular formula is C23H16ClFN2O2S. The van der Waals surface area contributed by atoms with Crippen LogP contribution in [0.15, 0.2) is 88.3 Å². The van der Waals surface area contributed by atoms with Gasteiger partial charge in [0.05, 0.1) is 10.7 Å². The van der Waals surface area contributed by atoms with E-state index in [0.29, 0.717) is 11.4 Å². The molecule has 0 unspecified atom stereocenters. The molecule has 3 aromatic carbocycles. The van der Waals surface area contributed by atoms with E-state index in [-0.39, 0.29) is 15.6 Å². The Hall–Kier alpha value is -3.09. The summed E-state index contributed by atoms with van der Waals surface area (Å²) in [6.07, 6.45) is 0. The lowest BCUT2D eigenvalue weighted by molar-refractivity contribution is -0.120. The molecule has 0 atom stereocenters. The van der Waals surface area contributed by atoms with Gasteiger partial charge in [-0.2, -0.15) is 0 Å². The average molecular weight is 439 g/mol. The summed E-state index contributed by atoms with van der Waals surface area (Å²) in [7, 11) is 0. The van der Waals surface area contributed by atoms with Gasteiger partial charge in [0.2, 0.25) is 0 Å². The number of hydrogen-bond donors (Lipinski definition) is 1. The van der Waals surface area contributed by atoms with Gasteiger partial charge in [-0.25, -0.2) is 9.29 Å². The molecule has 30 heavy (non-hydrogen) atoms. The Bertz CT molecular complexity index is 1160. The number of aryl methyl sites for hydroxylation is 1. The van der Waals surface area contributed by atoms with Gasteiger partial charge in [0.1, 0.15) is 16.4 Å². The highest BCUT2D eigenvalue weighted by molar-refractivity contribution is 8.04. The van der Waals surface area contributed by atoms with E-state index in [2.05, 4.69) is 5.32 Å². The third kappa shape index (κ3) is 3.97. The first-order valence-corrected chi connectivity index (χ1v) is 10.3. The van der Waals surface area contributed by atoms with E-state index in [0.717, 1.165) is 15.4 Å². The summed E-state index contributed by atoms with van der Waals surface area (Å²) in [6.45, 7) is 1.93. The highest BCUT2D eigenvalue weighted by atomic mass is 35.5. The Morgan fingerprint density at radius 1 is 0.933 bits per heavy atom. The van der Waals surface area contributed by atoms with Crippen molar-refractivity contribution in [2.75, 3.05) is 10.2 Å². The van der Waals surface area contributed by atoms with E-state index in [9.17, 15) is 14.0 Å². The van der Waals surface area contributed by atoms with Gasteiger partial charge >= 0.3 is 0 Å². The molecule has 7 heteroatoms. The Balaban J connectivity index is 1.74. The molecule has 0 saturated heterocycles. The SMILES string of the molecule is Cc1ccc(N2C(=O)C(Nc3ccc(F)c(Cl)c3)=C(Sc3ccccc3)C2=O)cc1. The first-order valence-electron chi connectivity index (χ1n) is 9.09. The molecule has 0 spiro atoms. The summed E-state index contributed by atoms with van der Waals surface area (Å²) in [5.41, 5.74) is 2.03. The maximum absolute atomic E-state index is 13.5. The number of thioether (sulfide) groups is 1. The monoisotopic (exact) mass is 438 g/mol. The minimum Gasteiger partial charge on any atom is -0.350 e. The van der Waals surface area contributed by atoms with Crippen molar-refractivity contribution < 1.29 is 14.0 Å². The Labute approximate surface area is 182 Å². The van der Waals surface area contributed by atoms with Gasteiger partial charge in [-0.1, -0.05) is 59.3 Å². The molecule has 0 aliphatic carbocycles. The largest absolute Gasteiger partial charge is 0.350 e. The van der Waals surface area contributed by atoms with Crippen LogP contribution in [0.2, 0.25) is 5.02 Å². The van der Waals surface area contributed by atoms with Gasteiger partial charge in [-0.3, -0.25) is 9.59 Å². The molecule has 0 bridgehead atoms. The number of anilines is 2. The fourth-order valence-corrected chi connectivity index (χ4v) is 4.10. The van der Waals surface area contributed by atoms with Crippen molar-refractivity contribution in [3.63, 3.8) is 0 Å². The van der Waals surface area contributed by atoms with E-state index < -0.39 is 17.6 Å². The second kappa shape index (κ2) is 8.34. The maximum Gasteiger partial charge on any atom is 0.283 e. The zero-order valence-corrected chi connectivity index (χ0v) is 17.4. The topological polar surface area (TPSA) is 49.4 Å². The lowest BCUT2D eigenvalue weighted by atomic mass is 10.2. The third-order valence-corrected chi connectivity index (χ3v) is 5.87. The van der Waals surface area contributed by atoms with Crippen LogP contribution in [0.1, 0.15) is 5.56 Å². The molecule has 0 fully saturated rings. The van der Waals surface area contributed by atoms with Crippen molar-refractivity contribution in [3.8, 4) is 0 Å². The number of rotatable bonds is 5. The standard InChI is InChI=1S/C23H16ClFN2O2S/c1-14-7-10-16(11-8-14)27-22(28)20(26-15-9-12-19(25)18(24)13-15)21(23(27)29)30-17-5-3-2-4-6-17/h2-13,26H,1H3. The number of benzene rings is 3. The van der Waals surface area contributed by atoms with Gasteiger partial charge < -0.3 is 5.32 Å². The van der Waals surface area contributed by atoms with E-state index in [4.69, 9.17) is 11.6 Å². The van der Waals surface area contributed by atoms with Crippen LogP contribution in [0.4, 0.5) is 15.8 Å². The number of imide groups is 1. The van der Waals surface area contributed by atoms with Crippen molar-refractivity contribution in [3.05, 3.63) is 99.8 Å². The van der Waals surface area contributed by atoms with Crippen molar-refractivity contribution in [2.45, 2.75) is 11.8 Å². The van der Waals surface area contributed by atoms with Crippen molar-refractivity contribution in [1.82, 2.24) is 0 Å². The summed E-state index contributed by atoms with van der Waals surface area (Å²) in [5.74, 6) is -1.47. The quantitative estimate of drug-likeness (QED) is 0.513. The van der Waals surface area contributed by atoms with Crippen LogP contribution >= 0.6 is 23.4 Å². The van der Waals surface area contributed by atoms with Crippen LogP contribution < -0.4 is 10.2 Å². The summed E-state index contributed by atoms with van der Waals surface area (Å²) in [6, 6.07) is 20.5. The maximum atomic E-state index is 13.5. The first kappa shape index (κ1) is 20.2. The number of nitrogens with one attached hydrogen (secondary N) is 1. The van der Waals surface area contributed by atoms with Gasteiger partial charge in [-0.15, -0.1) is 0 Å². The van der Waals surface area contributed by atoms with Gasteiger partial charge in [0.15, 0.2) is 0 Å². The molecule has 4 rings (SSSR count). The number of amides is 2. The van der Waals surface area contributed by atoms with Crippen LogP contribution in [0.25, 0.3) is 0 Å². The number of halogens is 2. The van der Waals surface area contributed by atoms with E-state index in [1.165, 1.54) is 30.0 Å². The van der Waals surface area contributed by atoms with Crippen molar-refractivity contribution >= 4 is 46.6 Å². The Kier molecular flexibility index (Phi) is 5.61. The number of carbonyl (C=O) groups is 2. The minimum absolute atomic E-state index is 0.0787. The molecule has 3 aromatic rings. The van der Waals surface area contributed by atoms with Crippen LogP contribution in [0, 0.1) is 12.7 Å². The summed E-state index contributed by atoms with van der Waals surface area (Å²) in [5, 5.41) is 2.89. The fraction of sp³-hybridized carbons (Fsp3) is 0.0435. The fourth-order valence-electron chi connectivity index (χ4n) is 2.97. The number of hydrogen-bond acceptors (Lipinski definition) is 4. The smallest absolute Gasteiger partial charge is 0.283 e. The molecule has 0 saturated carbocycles. The van der Waals surface area contributed by atoms with Gasteiger partial charge in [0, 0.05) is 10.6 Å². The second-order valence-corrected chi connectivity index (χ2v) is 8.15. The molecule has 0 aromatic heterocycles. The summed E-state index contributed by atoms with van der Waals surface area (Å²) < 4.78 is 13.5. The summed E-state index contributed by atoms with van der Waals surface area (Å²) >= 11 is 7.07. The highest BCUT2D eigenvalue weighted by Crippen LogP contribution is 2.38. The molecular weight excluding hydrogens is 423 g/mol. The van der Waals surface area contributed by atoms with Crippen LogP contribution in [0.5, 0.6) is 0 Å². The Morgan fingerprint density at radius 3 is 2.30 bits per heavy atom. The Morgan fingerprint density at radius 2 is 1.63 bits per heavy atom. The molecule has 4 nitrogen and oxygen atoms in total. The first-order chi connectivity index (χ1) is 14.4. The zero-order valence-electron chi connectivity index (χ0n) is 15.9. The van der Waals surface area contributed by atoms with E-state index in [1.807, 2.05) is 49.4 Å². The lowest BCUT2D eigenvalue weighted by Crippen LogP contribution is -2.32. The minimum atomic E-state index is -0.565. The molecule has 1 aliphatic rings. The molecule has 2 amide bonds. The normalized spacial score (nSPS) is 13.9. The van der Waals surface area contributed by atoms with Gasteiger partial charge in [-0.05, 0) is 49.4 Å². The lowest BCUT2D eigenvalue weighted by Gasteiger charge is -2.15.